The fraction of sp³-hybridized carbons (Fsp3) is 0.875. The average molecular weight is 381 g/mol. The molecule has 23 heavy (non-hydrogen) atoms. The quantitative estimate of drug-likeness (QED) is 0.201. The van der Waals surface area contributed by atoms with Crippen LogP contribution in [-0.2, 0) is 9.59 Å². The molecule has 2 N–H and O–H groups in total. The molecule has 0 aliphatic heterocycles. The van der Waals surface area contributed by atoms with Crippen LogP contribution in [0.2, 0.25) is 0 Å². The van der Waals surface area contributed by atoms with E-state index in [1.54, 1.807) is 0 Å². The maximum Gasteiger partial charge on any atom is 0.230 e. The zero-order valence-electron chi connectivity index (χ0n) is 14.5. The molecule has 0 spiro atoms. The van der Waals surface area contributed by atoms with Gasteiger partial charge < -0.3 is 0 Å². The van der Waals surface area contributed by atoms with Gasteiger partial charge in [0.25, 0.3) is 0 Å². The third kappa shape index (κ3) is 18.2. The SMILES string of the molecule is CCCCCCCC(=O)NSSSNC(=O)CCCCCCC. The zero-order valence-corrected chi connectivity index (χ0v) is 17.0. The van der Waals surface area contributed by atoms with E-state index in [0.717, 1.165) is 25.7 Å². The van der Waals surface area contributed by atoms with Gasteiger partial charge in [-0.05, 0) is 12.8 Å². The van der Waals surface area contributed by atoms with Crippen molar-refractivity contribution in [1.29, 1.82) is 0 Å². The fourth-order valence-corrected chi connectivity index (χ4v) is 4.30. The van der Waals surface area contributed by atoms with Crippen LogP contribution in [0.3, 0.4) is 0 Å². The highest BCUT2D eigenvalue weighted by molar-refractivity contribution is 9.08. The molecule has 0 aromatic carbocycles. The molecule has 0 atom stereocenters. The van der Waals surface area contributed by atoms with Crippen molar-refractivity contribution in [1.82, 2.24) is 9.44 Å². The third-order valence-corrected chi connectivity index (χ3v) is 6.28. The first-order valence-corrected chi connectivity index (χ1v) is 12.3. The van der Waals surface area contributed by atoms with Crippen LogP contribution in [0.15, 0.2) is 0 Å². The monoisotopic (exact) mass is 380 g/mol. The predicted molar refractivity (Wildman–Crippen MR) is 106 cm³/mol. The standard InChI is InChI=1S/C16H32N2O2S3/c1-3-5-7-9-11-13-15(19)17-21-23-22-18-16(20)14-12-10-8-6-4-2/h3-14H2,1-2H3,(H,17,19)(H,18,20). The number of carbonyl (C=O) groups excluding carboxylic acids is 2. The van der Waals surface area contributed by atoms with Gasteiger partial charge in [0, 0.05) is 44.6 Å². The van der Waals surface area contributed by atoms with Gasteiger partial charge in [0.15, 0.2) is 0 Å². The minimum atomic E-state index is 0.0712. The summed E-state index contributed by atoms with van der Waals surface area (Å²) in [5.74, 6) is 0.142. The van der Waals surface area contributed by atoms with Gasteiger partial charge in [0.1, 0.15) is 0 Å². The smallest absolute Gasteiger partial charge is 0.230 e. The van der Waals surface area contributed by atoms with E-state index in [1.807, 2.05) is 0 Å². The Morgan fingerprint density at radius 1 is 0.652 bits per heavy atom. The van der Waals surface area contributed by atoms with Gasteiger partial charge in [-0.1, -0.05) is 65.2 Å². The summed E-state index contributed by atoms with van der Waals surface area (Å²) in [5, 5.41) is 0. The molecule has 0 rings (SSSR count). The second kappa shape index (κ2) is 18.3. The van der Waals surface area contributed by atoms with Gasteiger partial charge in [-0.2, -0.15) is 0 Å². The molecule has 0 fully saturated rings. The summed E-state index contributed by atoms with van der Waals surface area (Å²) in [4.78, 5) is 23.1. The maximum atomic E-state index is 11.6. The van der Waals surface area contributed by atoms with Crippen molar-refractivity contribution >= 4 is 43.6 Å². The Labute approximate surface area is 153 Å². The van der Waals surface area contributed by atoms with Gasteiger partial charge in [0.2, 0.25) is 11.8 Å². The highest BCUT2D eigenvalue weighted by Gasteiger charge is 2.04. The van der Waals surface area contributed by atoms with Gasteiger partial charge >= 0.3 is 0 Å². The molecule has 136 valence electrons. The number of rotatable bonds is 16. The van der Waals surface area contributed by atoms with Crippen LogP contribution < -0.4 is 9.44 Å². The van der Waals surface area contributed by atoms with E-state index >= 15 is 0 Å². The molecule has 0 saturated heterocycles. The maximum absolute atomic E-state index is 11.6. The number of amides is 2. The highest BCUT2D eigenvalue weighted by atomic mass is 33.5. The van der Waals surface area contributed by atoms with E-state index in [2.05, 4.69) is 23.3 Å². The number of nitrogens with one attached hydrogen (secondary N) is 2. The van der Waals surface area contributed by atoms with E-state index in [9.17, 15) is 9.59 Å². The van der Waals surface area contributed by atoms with Gasteiger partial charge in [-0.25, -0.2) is 0 Å². The molecular weight excluding hydrogens is 348 g/mol. The summed E-state index contributed by atoms with van der Waals surface area (Å²) in [7, 11) is 3.92. The first-order valence-electron chi connectivity index (χ1n) is 8.77. The minimum Gasteiger partial charge on any atom is -0.290 e. The summed E-state index contributed by atoms with van der Waals surface area (Å²) < 4.78 is 5.56. The van der Waals surface area contributed by atoms with Crippen LogP contribution in [0, 0.1) is 0 Å². The first kappa shape index (κ1) is 23.0. The summed E-state index contributed by atoms with van der Waals surface area (Å²) in [5.41, 5.74) is 0. The summed E-state index contributed by atoms with van der Waals surface area (Å²) in [6.07, 6.45) is 12.7. The summed E-state index contributed by atoms with van der Waals surface area (Å²) >= 11 is 0. The van der Waals surface area contributed by atoms with E-state index in [0.29, 0.717) is 12.8 Å². The van der Waals surface area contributed by atoms with Crippen molar-refractivity contribution in [2.24, 2.45) is 0 Å². The Balaban J connectivity index is 3.30. The normalized spacial score (nSPS) is 10.5. The fourth-order valence-electron chi connectivity index (χ4n) is 2.02. The van der Waals surface area contributed by atoms with Crippen molar-refractivity contribution in [3.05, 3.63) is 0 Å². The second-order valence-corrected chi connectivity index (χ2v) is 9.12. The molecule has 0 aromatic rings. The average Bonchev–Trinajstić information content (AvgIpc) is 2.54. The van der Waals surface area contributed by atoms with Crippen LogP contribution in [-0.4, -0.2) is 11.8 Å². The van der Waals surface area contributed by atoms with Crippen LogP contribution in [0.25, 0.3) is 0 Å². The van der Waals surface area contributed by atoms with Crippen molar-refractivity contribution < 1.29 is 9.59 Å². The highest BCUT2D eigenvalue weighted by Crippen LogP contribution is 2.29. The van der Waals surface area contributed by atoms with Crippen LogP contribution >= 0.6 is 31.8 Å². The third-order valence-electron chi connectivity index (χ3n) is 3.39. The lowest BCUT2D eigenvalue weighted by Gasteiger charge is -2.04. The topological polar surface area (TPSA) is 58.2 Å². The van der Waals surface area contributed by atoms with E-state index in [-0.39, 0.29) is 11.8 Å². The first-order chi connectivity index (χ1) is 11.2. The molecular formula is C16H32N2O2S3. The van der Waals surface area contributed by atoms with Gasteiger partial charge in [-0.3, -0.25) is 19.0 Å². The van der Waals surface area contributed by atoms with Crippen molar-refractivity contribution in [2.45, 2.75) is 90.9 Å². The Hall–Kier alpha value is -0.0100. The molecule has 0 radical (unpaired) electrons. The Kier molecular flexibility index (Phi) is 18.3. The van der Waals surface area contributed by atoms with Crippen molar-refractivity contribution in [3.8, 4) is 0 Å². The van der Waals surface area contributed by atoms with E-state index in [4.69, 9.17) is 0 Å². The second-order valence-electron chi connectivity index (χ2n) is 5.61. The molecule has 0 saturated carbocycles. The lowest BCUT2D eigenvalue weighted by molar-refractivity contribution is -0.120. The number of hydrogen-bond donors (Lipinski definition) is 2. The summed E-state index contributed by atoms with van der Waals surface area (Å²) in [6, 6.07) is 0. The Bertz CT molecular complexity index is 277. The largest absolute Gasteiger partial charge is 0.290 e. The Morgan fingerprint density at radius 3 is 1.43 bits per heavy atom. The van der Waals surface area contributed by atoms with E-state index < -0.39 is 0 Å². The molecule has 7 heteroatoms. The number of carbonyl (C=O) groups is 2. The van der Waals surface area contributed by atoms with Crippen LogP contribution in [0.1, 0.15) is 90.9 Å². The van der Waals surface area contributed by atoms with Crippen LogP contribution in [0.4, 0.5) is 0 Å². The molecule has 0 aliphatic rings. The molecule has 2 amide bonds. The lowest BCUT2D eigenvalue weighted by Crippen LogP contribution is -2.15. The zero-order chi connectivity index (χ0) is 17.2. The predicted octanol–water partition coefficient (Wildman–Crippen LogP) is 5.80. The number of hydrogen-bond acceptors (Lipinski definition) is 5. The summed E-state index contributed by atoms with van der Waals surface area (Å²) in [6.45, 7) is 4.37. The van der Waals surface area contributed by atoms with Crippen LogP contribution in [0.5, 0.6) is 0 Å². The molecule has 0 unspecified atom stereocenters. The minimum absolute atomic E-state index is 0.0712. The Morgan fingerprint density at radius 2 is 1.04 bits per heavy atom. The van der Waals surface area contributed by atoms with E-state index in [1.165, 1.54) is 70.3 Å². The lowest BCUT2D eigenvalue weighted by atomic mass is 10.1. The molecule has 0 bridgehead atoms. The van der Waals surface area contributed by atoms with Gasteiger partial charge in [-0.15, -0.1) is 0 Å². The van der Waals surface area contributed by atoms with Crippen molar-refractivity contribution in [2.75, 3.05) is 0 Å². The number of unbranched alkanes of at least 4 members (excludes halogenated alkanes) is 8. The molecule has 4 nitrogen and oxygen atoms in total. The van der Waals surface area contributed by atoms with Crippen molar-refractivity contribution in [3.63, 3.8) is 0 Å². The molecule has 0 aromatic heterocycles. The molecule has 0 heterocycles. The van der Waals surface area contributed by atoms with Gasteiger partial charge in [0.05, 0.1) is 0 Å². The molecule has 0 aliphatic carbocycles.